The summed E-state index contributed by atoms with van der Waals surface area (Å²) in [6.07, 6.45) is 4.99. The fourth-order valence-electron chi connectivity index (χ4n) is 2.79. The maximum absolute atomic E-state index is 12.1. The number of nitrogens with one attached hydrogen (secondary N) is 1. The first-order chi connectivity index (χ1) is 11.2. The van der Waals surface area contributed by atoms with Crippen LogP contribution in [0.2, 0.25) is 5.02 Å². The van der Waals surface area contributed by atoms with Gasteiger partial charge in [-0.05, 0) is 49.1 Å². The molecular weight excluding hydrogens is 310 g/mol. The SMILES string of the molecule is O=C(NCCc1cccc(Cl)c1)c1ccc(N2CCCC2)cn1. The van der Waals surface area contributed by atoms with Gasteiger partial charge in [0.2, 0.25) is 0 Å². The van der Waals surface area contributed by atoms with Gasteiger partial charge in [0.05, 0.1) is 11.9 Å². The molecule has 1 aliphatic heterocycles. The quantitative estimate of drug-likeness (QED) is 0.915. The molecule has 1 aliphatic rings. The fourth-order valence-corrected chi connectivity index (χ4v) is 3.00. The maximum atomic E-state index is 12.1. The van der Waals surface area contributed by atoms with Crippen LogP contribution in [-0.2, 0) is 6.42 Å². The number of carbonyl (C=O) groups excluding carboxylic acids is 1. The van der Waals surface area contributed by atoms with Crippen molar-refractivity contribution in [2.75, 3.05) is 24.5 Å². The summed E-state index contributed by atoms with van der Waals surface area (Å²) in [5.41, 5.74) is 2.66. The molecule has 1 aromatic carbocycles. The minimum absolute atomic E-state index is 0.139. The predicted octanol–water partition coefficient (Wildman–Crippen LogP) is 3.31. The monoisotopic (exact) mass is 329 g/mol. The van der Waals surface area contributed by atoms with E-state index < -0.39 is 0 Å². The molecule has 4 nitrogen and oxygen atoms in total. The third-order valence-electron chi connectivity index (χ3n) is 4.04. The molecular formula is C18H20ClN3O. The molecule has 0 spiro atoms. The van der Waals surface area contributed by atoms with Crippen LogP contribution in [0.3, 0.4) is 0 Å². The summed E-state index contributed by atoms with van der Waals surface area (Å²) in [6, 6.07) is 11.4. The van der Waals surface area contributed by atoms with Crippen molar-refractivity contribution >= 4 is 23.2 Å². The van der Waals surface area contributed by atoms with E-state index in [-0.39, 0.29) is 5.91 Å². The molecule has 5 heteroatoms. The van der Waals surface area contributed by atoms with Crippen LogP contribution in [0.5, 0.6) is 0 Å². The van der Waals surface area contributed by atoms with E-state index in [1.54, 1.807) is 12.3 Å². The molecule has 2 heterocycles. The topological polar surface area (TPSA) is 45.2 Å². The van der Waals surface area contributed by atoms with Crippen molar-refractivity contribution in [1.82, 2.24) is 10.3 Å². The number of carbonyl (C=O) groups is 1. The predicted molar refractivity (Wildman–Crippen MR) is 93.2 cm³/mol. The molecule has 1 amide bonds. The molecule has 2 aromatic rings. The first kappa shape index (κ1) is 15.8. The number of halogens is 1. The molecule has 0 bridgehead atoms. The second kappa shape index (κ2) is 7.47. The van der Waals surface area contributed by atoms with E-state index >= 15 is 0 Å². The van der Waals surface area contributed by atoms with Crippen LogP contribution in [0.25, 0.3) is 0 Å². The highest BCUT2D eigenvalue weighted by atomic mass is 35.5. The average molecular weight is 330 g/mol. The lowest BCUT2D eigenvalue weighted by Gasteiger charge is -2.16. The van der Waals surface area contributed by atoms with Gasteiger partial charge in [-0.2, -0.15) is 0 Å². The number of pyridine rings is 1. The van der Waals surface area contributed by atoms with Crippen LogP contribution >= 0.6 is 11.6 Å². The molecule has 120 valence electrons. The van der Waals surface area contributed by atoms with E-state index in [0.29, 0.717) is 17.3 Å². The summed E-state index contributed by atoms with van der Waals surface area (Å²) in [6.45, 7) is 2.72. The Labute approximate surface area is 141 Å². The molecule has 1 saturated heterocycles. The Morgan fingerprint density at radius 3 is 2.74 bits per heavy atom. The smallest absolute Gasteiger partial charge is 0.269 e. The van der Waals surface area contributed by atoms with Crippen molar-refractivity contribution < 1.29 is 4.79 Å². The van der Waals surface area contributed by atoms with Crippen LogP contribution in [-0.4, -0.2) is 30.5 Å². The highest BCUT2D eigenvalue weighted by Crippen LogP contribution is 2.19. The number of amides is 1. The Kier molecular flexibility index (Phi) is 5.13. The van der Waals surface area contributed by atoms with Crippen molar-refractivity contribution in [2.45, 2.75) is 19.3 Å². The molecule has 1 aromatic heterocycles. The number of nitrogens with zero attached hydrogens (tertiary/aromatic N) is 2. The van der Waals surface area contributed by atoms with Gasteiger partial charge < -0.3 is 10.2 Å². The van der Waals surface area contributed by atoms with Gasteiger partial charge in [-0.15, -0.1) is 0 Å². The Hall–Kier alpha value is -2.07. The number of anilines is 1. The minimum atomic E-state index is -0.139. The van der Waals surface area contributed by atoms with Gasteiger partial charge in [-0.3, -0.25) is 4.79 Å². The van der Waals surface area contributed by atoms with Crippen molar-refractivity contribution in [2.24, 2.45) is 0 Å². The lowest BCUT2D eigenvalue weighted by molar-refractivity contribution is 0.0949. The summed E-state index contributed by atoms with van der Waals surface area (Å²) < 4.78 is 0. The van der Waals surface area contributed by atoms with E-state index in [9.17, 15) is 4.79 Å². The molecule has 23 heavy (non-hydrogen) atoms. The highest BCUT2D eigenvalue weighted by molar-refractivity contribution is 6.30. The van der Waals surface area contributed by atoms with Gasteiger partial charge >= 0.3 is 0 Å². The van der Waals surface area contributed by atoms with Crippen molar-refractivity contribution in [3.63, 3.8) is 0 Å². The minimum Gasteiger partial charge on any atom is -0.370 e. The van der Waals surface area contributed by atoms with Crippen LogP contribution in [0.15, 0.2) is 42.6 Å². The average Bonchev–Trinajstić information content (AvgIpc) is 3.09. The molecule has 3 rings (SSSR count). The van der Waals surface area contributed by atoms with Crippen LogP contribution in [0.1, 0.15) is 28.9 Å². The maximum Gasteiger partial charge on any atom is 0.269 e. The second-order valence-corrected chi connectivity index (χ2v) is 6.17. The zero-order chi connectivity index (χ0) is 16.1. The third-order valence-corrected chi connectivity index (χ3v) is 4.28. The van der Waals surface area contributed by atoms with Gasteiger partial charge in [0.25, 0.3) is 5.91 Å². The fraction of sp³-hybridized carbons (Fsp3) is 0.333. The van der Waals surface area contributed by atoms with E-state index in [1.165, 1.54) is 12.8 Å². The Bertz CT molecular complexity index is 666. The Balaban J connectivity index is 1.51. The summed E-state index contributed by atoms with van der Waals surface area (Å²) in [5.74, 6) is -0.139. The zero-order valence-corrected chi connectivity index (χ0v) is 13.7. The van der Waals surface area contributed by atoms with Crippen LogP contribution < -0.4 is 10.2 Å². The van der Waals surface area contributed by atoms with E-state index in [1.807, 2.05) is 30.3 Å². The summed E-state index contributed by atoms with van der Waals surface area (Å²) in [4.78, 5) is 18.7. The molecule has 0 aliphatic carbocycles. The Morgan fingerprint density at radius 1 is 1.22 bits per heavy atom. The molecule has 0 radical (unpaired) electrons. The first-order valence-corrected chi connectivity index (χ1v) is 8.34. The number of aromatic nitrogens is 1. The molecule has 0 saturated carbocycles. The summed E-state index contributed by atoms with van der Waals surface area (Å²) in [5, 5.41) is 3.61. The van der Waals surface area contributed by atoms with E-state index in [0.717, 1.165) is 30.8 Å². The van der Waals surface area contributed by atoms with Crippen LogP contribution in [0.4, 0.5) is 5.69 Å². The highest BCUT2D eigenvalue weighted by Gasteiger charge is 2.13. The number of rotatable bonds is 5. The largest absolute Gasteiger partial charge is 0.370 e. The van der Waals surface area contributed by atoms with Crippen molar-refractivity contribution in [3.05, 3.63) is 58.9 Å². The standard InChI is InChI=1S/C18H20ClN3O/c19-15-5-3-4-14(12-15)8-9-20-18(23)17-7-6-16(13-21-17)22-10-1-2-11-22/h3-7,12-13H,1-2,8-11H2,(H,20,23). The van der Waals surface area contributed by atoms with Gasteiger partial charge in [-0.1, -0.05) is 23.7 Å². The second-order valence-electron chi connectivity index (χ2n) is 5.73. The Morgan fingerprint density at radius 2 is 2.04 bits per heavy atom. The number of hydrogen-bond acceptors (Lipinski definition) is 3. The first-order valence-electron chi connectivity index (χ1n) is 7.96. The van der Waals surface area contributed by atoms with Gasteiger partial charge in [-0.25, -0.2) is 4.98 Å². The lowest BCUT2D eigenvalue weighted by Crippen LogP contribution is -2.26. The van der Waals surface area contributed by atoms with Gasteiger partial charge in [0.15, 0.2) is 0 Å². The van der Waals surface area contributed by atoms with Crippen molar-refractivity contribution in [1.29, 1.82) is 0 Å². The van der Waals surface area contributed by atoms with Gasteiger partial charge in [0.1, 0.15) is 5.69 Å². The molecule has 0 atom stereocenters. The van der Waals surface area contributed by atoms with Crippen LogP contribution in [0, 0.1) is 0 Å². The normalized spacial score (nSPS) is 14.0. The van der Waals surface area contributed by atoms with E-state index in [2.05, 4.69) is 15.2 Å². The zero-order valence-electron chi connectivity index (χ0n) is 13.0. The summed E-state index contributed by atoms with van der Waals surface area (Å²) >= 11 is 5.95. The van der Waals surface area contributed by atoms with E-state index in [4.69, 9.17) is 11.6 Å². The van der Waals surface area contributed by atoms with Gasteiger partial charge in [0, 0.05) is 24.7 Å². The number of benzene rings is 1. The molecule has 1 fully saturated rings. The van der Waals surface area contributed by atoms with Crippen molar-refractivity contribution in [3.8, 4) is 0 Å². The lowest BCUT2D eigenvalue weighted by atomic mass is 10.1. The number of hydrogen-bond donors (Lipinski definition) is 1. The molecule has 1 N–H and O–H groups in total. The summed E-state index contributed by atoms with van der Waals surface area (Å²) in [7, 11) is 0. The molecule has 0 unspecified atom stereocenters. The third kappa shape index (κ3) is 4.23.